The van der Waals surface area contributed by atoms with Gasteiger partial charge < -0.3 is 44.7 Å². The number of nitrogens with one attached hydrogen (secondary N) is 1. The number of benzene rings is 1. The molecule has 3 fully saturated rings. The number of amides is 1. The van der Waals surface area contributed by atoms with Crippen molar-refractivity contribution in [1.29, 1.82) is 0 Å². The molecule has 0 spiro atoms. The molecule has 2 unspecified atom stereocenters. The van der Waals surface area contributed by atoms with E-state index in [1.165, 1.54) is 7.11 Å². The van der Waals surface area contributed by atoms with Gasteiger partial charge in [0.05, 0.1) is 30.0 Å². The Balaban J connectivity index is 1.42. The summed E-state index contributed by atoms with van der Waals surface area (Å²) in [6.45, 7) is 15.3. The summed E-state index contributed by atoms with van der Waals surface area (Å²) in [7, 11) is 5.19. The molecule has 340 valence electrons. The Hall–Kier alpha value is -4.00. The van der Waals surface area contributed by atoms with Crippen molar-refractivity contribution >= 4 is 23.5 Å². The van der Waals surface area contributed by atoms with E-state index in [0.29, 0.717) is 63.1 Å². The van der Waals surface area contributed by atoms with Gasteiger partial charge in [0, 0.05) is 50.0 Å². The lowest BCUT2D eigenvalue weighted by molar-refractivity contribution is -0.289. The lowest BCUT2D eigenvalue weighted by Crippen LogP contribution is -2.62. The zero-order valence-corrected chi connectivity index (χ0v) is 37.3. The van der Waals surface area contributed by atoms with Gasteiger partial charge in [-0.25, -0.2) is 14.0 Å². The minimum absolute atomic E-state index is 0.136. The molecule has 3 aliphatic rings. The summed E-state index contributed by atoms with van der Waals surface area (Å²) in [6, 6.07) is 5.96. The first kappa shape index (κ1) is 48.0. The van der Waals surface area contributed by atoms with Crippen molar-refractivity contribution in [2.45, 2.75) is 159 Å². The number of anilines is 1. The molecule has 16 nitrogen and oxygen atoms in total. The van der Waals surface area contributed by atoms with Gasteiger partial charge in [-0.15, -0.1) is 11.7 Å². The Labute approximate surface area is 359 Å². The van der Waals surface area contributed by atoms with Crippen LogP contribution in [0, 0.1) is 5.92 Å². The van der Waals surface area contributed by atoms with Crippen molar-refractivity contribution < 1.29 is 47.6 Å². The smallest absolute Gasteiger partial charge is 0.410 e. The van der Waals surface area contributed by atoms with E-state index in [1.54, 1.807) is 42.5 Å². The van der Waals surface area contributed by atoms with Crippen LogP contribution in [0.1, 0.15) is 86.5 Å². The number of aliphatic hydroxyl groups is 1. The minimum Gasteiger partial charge on any atom is -0.455 e. The largest absolute Gasteiger partial charge is 0.455 e. The molecule has 2 aromatic rings. The van der Waals surface area contributed by atoms with E-state index < -0.39 is 77.8 Å². The van der Waals surface area contributed by atoms with Gasteiger partial charge in [0.1, 0.15) is 17.9 Å². The molecule has 0 radical (unpaired) electrons. The molecule has 3 saturated heterocycles. The zero-order valence-electron chi connectivity index (χ0n) is 37.3. The first-order chi connectivity index (χ1) is 28.8. The Morgan fingerprint density at radius 2 is 1.89 bits per heavy atom. The molecule has 4 heterocycles. The number of likely N-dealkylation sites (N-methyl/N-ethyl adjacent to an activating group) is 1. The average Bonchev–Trinajstić information content (AvgIpc) is 3.78. The molecular weight excluding hydrogens is 790 g/mol. The summed E-state index contributed by atoms with van der Waals surface area (Å²) in [5, 5.41) is 23.6. The SMILES string of the molecule is C=CC[C@H]1NC[C@H](C)C[C@@](C)(OC)[C@H](O[C@@H]2O[C@H](C)CC(N(C)C)C2O)CC(=O)[C@](C)(F)C(=O)O[C@H](CC)[C@@]2(C)OC(=O)N(CCCCn3cc(-c4cccc(N)c4)nn3)[C@H]12. The topological polar surface area (TPSA) is 193 Å². The lowest BCUT2D eigenvalue weighted by atomic mass is 9.82. The Morgan fingerprint density at radius 3 is 2.54 bits per heavy atom. The van der Waals surface area contributed by atoms with Gasteiger partial charge in [0.15, 0.2) is 17.7 Å². The number of carbonyl (C=O) groups is 3. The fourth-order valence-corrected chi connectivity index (χ4v) is 9.14. The van der Waals surface area contributed by atoms with E-state index >= 15 is 4.39 Å². The van der Waals surface area contributed by atoms with Crippen LogP contribution in [-0.4, -0.2) is 148 Å². The Morgan fingerprint density at radius 1 is 1.16 bits per heavy atom. The van der Waals surface area contributed by atoms with Crippen molar-refractivity contribution in [3.63, 3.8) is 0 Å². The van der Waals surface area contributed by atoms with Crippen LogP contribution >= 0.6 is 0 Å². The normalized spacial score (nSPS) is 35.6. The predicted molar refractivity (Wildman–Crippen MR) is 227 cm³/mol. The van der Waals surface area contributed by atoms with Crippen molar-refractivity contribution in [2.24, 2.45) is 5.92 Å². The molecular formula is C44H68FN7O9. The first-order valence-corrected chi connectivity index (χ1v) is 21.5. The van der Waals surface area contributed by atoms with Crippen LogP contribution in [-0.2, 0) is 39.8 Å². The number of ketones is 1. The molecule has 1 amide bonds. The number of cyclic esters (lactones) is 1. The number of alkyl halides is 1. The summed E-state index contributed by atoms with van der Waals surface area (Å²) >= 11 is 0. The number of Topliss-reactive ketones (excluding diaryl/α,β-unsaturated/α-hetero) is 1. The second kappa shape index (κ2) is 20.0. The molecule has 3 aliphatic heterocycles. The van der Waals surface area contributed by atoms with Crippen LogP contribution in [0.5, 0.6) is 0 Å². The number of aryl methyl sites for hydroxylation is 1. The number of fused-ring (bicyclic) bond motifs is 1. The second-order valence-electron chi connectivity index (χ2n) is 17.9. The van der Waals surface area contributed by atoms with E-state index in [2.05, 4.69) is 22.2 Å². The van der Waals surface area contributed by atoms with Crippen molar-refractivity contribution in [3.8, 4) is 11.3 Å². The minimum atomic E-state index is -3.12. The van der Waals surface area contributed by atoms with Gasteiger partial charge in [-0.1, -0.05) is 37.3 Å². The number of ether oxygens (including phenoxy) is 5. The van der Waals surface area contributed by atoms with Crippen LogP contribution in [0.4, 0.5) is 14.9 Å². The van der Waals surface area contributed by atoms with Gasteiger partial charge in [-0.3, -0.25) is 14.4 Å². The number of methoxy groups -OCH3 is 1. The Kier molecular flexibility index (Phi) is 15.8. The highest BCUT2D eigenvalue weighted by Crippen LogP contribution is 2.41. The van der Waals surface area contributed by atoms with E-state index in [0.717, 1.165) is 12.5 Å². The standard InChI is InChI=1S/C44H68FN7O9/c1-11-16-31-38-44(7,61-41(56)52(38)20-14-13-19-51-26-32(48-49-51)29-17-15-18-30(46)22-29)35(12-2)60-40(55)43(6,45)34(53)23-36(42(5,57-10)24-27(3)25-47-31)59-39-37(54)33(50(8)9)21-28(4)58-39/h11,15,17-18,22,26-28,31,33,35-39,47,54H,1,12-14,16,19-21,23-25,46H2,2-10H3/t27-,28-,31-,33?,35-,36-,37?,38-,39+,42-,43+,44-/m1/s1. The third-order valence-corrected chi connectivity index (χ3v) is 12.8. The molecule has 12 atom stereocenters. The number of aliphatic hydroxyl groups excluding tert-OH is 1. The summed E-state index contributed by atoms with van der Waals surface area (Å²) in [5.41, 5.74) is 2.34. The number of nitrogens with two attached hydrogens (primary N) is 1. The predicted octanol–water partition coefficient (Wildman–Crippen LogP) is 4.69. The van der Waals surface area contributed by atoms with Crippen molar-refractivity contribution in [1.82, 2.24) is 30.1 Å². The highest BCUT2D eigenvalue weighted by atomic mass is 19.1. The van der Waals surface area contributed by atoms with Gasteiger partial charge in [0.25, 0.3) is 5.67 Å². The first-order valence-electron chi connectivity index (χ1n) is 21.5. The van der Waals surface area contributed by atoms with Crippen LogP contribution in [0.3, 0.4) is 0 Å². The number of unbranched alkanes of at least 4 members (excludes halogenated alkanes) is 1. The molecule has 0 bridgehead atoms. The maximum Gasteiger partial charge on any atom is 0.410 e. The molecule has 17 heteroatoms. The maximum atomic E-state index is 16.8. The number of nitrogens with zero attached hydrogens (tertiary/aromatic N) is 5. The second-order valence-corrected chi connectivity index (χ2v) is 17.9. The van der Waals surface area contributed by atoms with E-state index in [-0.39, 0.29) is 24.5 Å². The van der Waals surface area contributed by atoms with Crippen molar-refractivity contribution in [2.75, 3.05) is 40.0 Å². The quantitative estimate of drug-likeness (QED) is 0.0827. The third-order valence-electron chi connectivity index (χ3n) is 12.8. The number of nitrogen functional groups attached to an aromatic ring is 1. The number of rotatable bonds is 13. The third kappa shape index (κ3) is 10.8. The van der Waals surface area contributed by atoms with Gasteiger partial charge in [-0.2, -0.15) is 0 Å². The van der Waals surface area contributed by atoms with E-state index in [1.807, 2.05) is 57.2 Å². The van der Waals surface area contributed by atoms with Crippen molar-refractivity contribution in [3.05, 3.63) is 43.1 Å². The fourth-order valence-electron chi connectivity index (χ4n) is 9.14. The summed E-state index contributed by atoms with van der Waals surface area (Å²) in [6.07, 6.45) is 0.234. The lowest BCUT2D eigenvalue weighted by Gasteiger charge is -2.45. The van der Waals surface area contributed by atoms with Crippen LogP contribution in [0.15, 0.2) is 43.1 Å². The highest BCUT2D eigenvalue weighted by molar-refractivity contribution is 6.07. The average molecular weight is 858 g/mol. The summed E-state index contributed by atoms with van der Waals surface area (Å²) < 4.78 is 49.3. The number of hydrogen-bond acceptors (Lipinski definition) is 14. The van der Waals surface area contributed by atoms with E-state index in [9.17, 15) is 19.5 Å². The van der Waals surface area contributed by atoms with Gasteiger partial charge in [0.2, 0.25) is 0 Å². The molecule has 1 aromatic heterocycles. The number of aromatic nitrogens is 3. The monoisotopic (exact) mass is 858 g/mol. The fraction of sp³-hybridized carbons (Fsp3) is 0.705. The number of hydrogen-bond donors (Lipinski definition) is 3. The molecule has 4 N–H and O–H groups in total. The summed E-state index contributed by atoms with van der Waals surface area (Å²) in [4.78, 5) is 45.5. The number of esters is 1. The van der Waals surface area contributed by atoms with Crippen LogP contribution < -0.4 is 11.1 Å². The molecule has 0 saturated carbocycles. The van der Waals surface area contributed by atoms with Crippen LogP contribution in [0.2, 0.25) is 0 Å². The number of halogens is 1. The zero-order chi connectivity index (χ0) is 44.9. The van der Waals surface area contributed by atoms with Gasteiger partial charge in [-0.05, 0) is 105 Å². The van der Waals surface area contributed by atoms with E-state index in [4.69, 9.17) is 29.4 Å². The molecule has 61 heavy (non-hydrogen) atoms. The van der Waals surface area contributed by atoms with Crippen LogP contribution in [0.25, 0.3) is 11.3 Å². The Bertz CT molecular complexity index is 1830. The molecule has 5 rings (SSSR count). The summed E-state index contributed by atoms with van der Waals surface area (Å²) in [5.74, 6) is -2.63. The number of carbonyl (C=O) groups excluding carboxylic acids is 3. The molecule has 1 aromatic carbocycles. The molecule has 0 aliphatic carbocycles. The maximum absolute atomic E-state index is 16.8. The highest BCUT2D eigenvalue weighted by Gasteiger charge is 2.60. The van der Waals surface area contributed by atoms with Gasteiger partial charge >= 0.3 is 12.1 Å².